The number of nitrogens with zero attached hydrogens (tertiary/aromatic N) is 3. The zero-order valence-electron chi connectivity index (χ0n) is 19.7. The molecule has 7 heteroatoms. The summed E-state index contributed by atoms with van der Waals surface area (Å²) in [6.07, 6.45) is 5.87. The van der Waals surface area contributed by atoms with Gasteiger partial charge in [-0.1, -0.05) is 36.4 Å². The van der Waals surface area contributed by atoms with Gasteiger partial charge in [-0.15, -0.1) is 0 Å². The van der Waals surface area contributed by atoms with E-state index in [0.717, 1.165) is 43.2 Å². The third-order valence-electron chi connectivity index (χ3n) is 5.85. The molecule has 2 aromatic rings. The van der Waals surface area contributed by atoms with Gasteiger partial charge in [0, 0.05) is 18.8 Å². The molecule has 4 rings (SSSR count). The van der Waals surface area contributed by atoms with Gasteiger partial charge in [0.05, 0.1) is 6.04 Å². The third-order valence-corrected chi connectivity index (χ3v) is 5.85. The normalized spacial score (nSPS) is 18.5. The van der Waals surface area contributed by atoms with Crippen molar-refractivity contribution in [1.82, 2.24) is 9.88 Å². The molecule has 2 heterocycles. The molecule has 0 radical (unpaired) electrons. The lowest BCUT2D eigenvalue weighted by Crippen LogP contribution is -2.39. The molecule has 0 N–H and O–H groups in total. The van der Waals surface area contributed by atoms with Crippen molar-refractivity contribution in [2.45, 2.75) is 77.2 Å². The van der Waals surface area contributed by atoms with Crippen molar-refractivity contribution >= 4 is 18.0 Å². The average Bonchev–Trinajstić information content (AvgIpc) is 3.63. The van der Waals surface area contributed by atoms with E-state index in [-0.39, 0.29) is 30.9 Å². The van der Waals surface area contributed by atoms with Crippen molar-refractivity contribution < 1.29 is 19.1 Å². The minimum atomic E-state index is -0.563. The molecule has 2 fully saturated rings. The molecule has 1 aliphatic carbocycles. The molecule has 1 atom stereocenters. The number of hydrogen-bond acceptors (Lipinski definition) is 5. The van der Waals surface area contributed by atoms with E-state index in [1.807, 2.05) is 63.2 Å². The number of likely N-dealkylation sites (tertiary alicyclic amines) is 1. The van der Waals surface area contributed by atoms with Crippen LogP contribution in [-0.4, -0.2) is 40.3 Å². The van der Waals surface area contributed by atoms with E-state index in [1.165, 1.54) is 0 Å². The van der Waals surface area contributed by atoms with Crippen molar-refractivity contribution in [3.8, 4) is 0 Å². The highest BCUT2D eigenvalue weighted by molar-refractivity contribution is 5.88. The van der Waals surface area contributed by atoms with Crippen LogP contribution in [0.2, 0.25) is 0 Å². The summed E-state index contributed by atoms with van der Waals surface area (Å²) < 4.78 is 11.2. The Morgan fingerprint density at radius 1 is 1.06 bits per heavy atom. The number of aromatic nitrogens is 1. The van der Waals surface area contributed by atoms with Crippen LogP contribution in [0.3, 0.4) is 0 Å². The SMILES string of the molecule is CC(C)(C)OC(=O)N(c1ccc([C@@H]2CCCCN2C(=O)OCc2ccccc2)cn1)C1CC1. The van der Waals surface area contributed by atoms with Gasteiger partial charge < -0.3 is 14.4 Å². The Kier molecular flexibility index (Phi) is 6.86. The van der Waals surface area contributed by atoms with E-state index in [2.05, 4.69) is 4.98 Å². The molecule has 1 saturated heterocycles. The first-order chi connectivity index (χ1) is 15.8. The molecule has 1 aromatic carbocycles. The van der Waals surface area contributed by atoms with E-state index >= 15 is 0 Å². The van der Waals surface area contributed by atoms with Crippen LogP contribution in [0.4, 0.5) is 15.4 Å². The maximum atomic E-state index is 12.9. The Labute approximate surface area is 195 Å². The van der Waals surface area contributed by atoms with Crippen LogP contribution in [0, 0.1) is 0 Å². The van der Waals surface area contributed by atoms with Gasteiger partial charge in [0.2, 0.25) is 0 Å². The topological polar surface area (TPSA) is 72.0 Å². The van der Waals surface area contributed by atoms with Crippen molar-refractivity contribution in [2.24, 2.45) is 0 Å². The lowest BCUT2D eigenvalue weighted by atomic mass is 9.97. The number of rotatable bonds is 5. The van der Waals surface area contributed by atoms with Gasteiger partial charge in [-0.2, -0.15) is 0 Å². The van der Waals surface area contributed by atoms with Crippen LogP contribution in [0.1, 0.15) is 70.0 Å². The first-order valence-corrected chi connectivity index (χ1v) is 11.8. The van der Waals surface area contributed by atoms with Gasteiger partial charge in [-0.25, -0.2) is 14.6 Å². The third kappa shape index (κ3) is 6.03. The van der Waals surface area contributed by atoms with Crippen molar-refractivity contribution in [3.63, 3.8) is 0 Å². The second kappa shape index (κ2) is 9.81. The van der Waals surface area contributed by atoms with E-state index in [1.54, 1.807) is 16.0 Å². The lowest BCUT2D eigenvalue weighted by molar-refractivity contribution is 0.0576. The molecular formula is C26H33N3O4. The Hall–Kier alpha value is -3.09. The number of carbonyl (C=O) groups is 2. The predicted molar refractivity (Wildman–Crippen MR) is 126 cm³/mol. The molecule has 2 amide bonds. The quantitative estimate of drug-likeness (QED) is 0.570. The molecule has 33 heavy (non-hydrogen) atoms. The van der Waals surface area contributed by atoms with E-state index < -0.39 is 5.60 Å². The molecule has 2 aliphatic rings. The van der Waals surface area contributed by atoms with Gasteiger partial charge in [-0.05, 0) is 70.1 Å². The van der Waals surface area contributed by atoms with Crippen molar-refractivity contribution in [3.05, 3.63) is 59.8 Å². The van der Waals surface area contributed by atoms with Gasteiger partial charge in [0.25, 0.3) is 0 Å². The summed E-state index contributed by atoms with van der Waals surface area (Å²) in [7, 11) is 0. The second-order valence-electron chi connectivity index (χ2n) is 9.78. The highest BCUT2D eigenvalue weighted by Gasteiger charge is 2.37. The maximum absolute atomic E-state index is 12.9. The number of piperidine rings is 1. The smallest absolute Gasteiger partial charge is 0.416 e. The minimum Gasteiger partial charge on any atom is -0.445 e. The number of pyridine rings is 1. The molecule has 1 saturated carbocycles. The molecule has 0 unspecified atom stereocenters. The molecule has 176 valence electrons. The number of benzene rings is 1. The fraction of sp³-hybridized carbons (Fsp3) is 0.500. The second-order valence-corrected chi connectivity index (χ2v) is 9.78. The van der Waals surface area contributed by atoms with Gasteiger partial charge >= 0.3 is 12.2 Å². The Morgan fingerprint density at radius 3 is 2.45 bits per heavy atom. The molecule has 7 nitrogen and oxygen atoms in total. The van der Waals surface area contributed by atoms with Crippen LogP contribution < -0.4 is 4.90 Å². The highest BCUT2D eigenvalue weighted by atomic mass is 16.6. The number of ether oxygens (including phenoxy) is 2. The highest BCUT2D eigenvalue weighted by Crippen LogP contribution is 2.35. The average molecular weight is 452 g/mol. The Balaban J connectivity index is 1.45. The summed E-state index contributed by atoms with van der Waals surface area (Å²) >= 11 is 0. The van der Waals surface area contributed by atoms with Gasteiger partial charge in [-0.3, -0.25) is 4.90 Å². The van der Waals surface area contributed by atoms with Crippen LogP contribution in [0.15, 0.2) is 48.7 Å². The zero-order chi connectivity index (χ0) is 23.4. The Morgan fingerprint density at radius 2 is 1.82 bits per heavy atom. The summed E-state index contributed by atoms with van der Waals surface area (Å²) in [4.78, 5) is 33.7. The molecule has 0 bridgehead atoms. The summed E-state index contributed by atoms with van der Waals surface area (Å²) in [6.45, 7) is 6.50. The largest absolute Gasteiger partial charge is 0.445 e. The van der Waals surface area contributed by atoms with E-state index in [0.29, 0.717) is 12.4 Å². The number of anilines is 1. The first-order valence-electron chi connectivity index (χ1n) is 11.8. The number of hydrogen-bond donors (Lipinski definition) is 0. The molecule has 1 aliphatic heterocycles. The van der Waals surface area contributed by atoms with Crippen molar-refractivity contribution in [1.29, 1.82) is 0 Å². The molecule has 1 aromatic heterocycles. The van der Waals surface area contributed by atoms with Crippen LogP contribution in [-0.2, 0) is 16.1 Å². The predicted octanol–water partition coefficient (Wildman–Crippen LogP) is 5.85. The van der Waals surface area contributed by atoms with Crippen molar-refractivity contribution in [2.75, 3.05) is 11.4 Å². The molecular weight excluding hydrogens is 418 g/mol. The number of amides is 2. The summed E-state index contributed by atoms with van der Waals surface area (Å²) in [5.74, 6) is 0.588. The summed E-state index contributed by atoms with van der Waals surface area (Å²) in [5.41, 5.74) is 1.36. The monoisotopic (exact) mass is 451 g/mol. The van der Waals surface area contributed by atoms with E-state index in [4.69, 9.17) is 9.47 Å². The maximum Gasteiger partial charge on any atom is 0.416 e. The summed E-state index contributed by atoms with van der Waals surface area (Å²) in [6, 6.07) is 13.6. The summed E-state index contributed by atoms with van der Waals surface area (Å²) in [5, 5.41) is 0. The van der Waals surface area contributed by atoms with Gasteiger partial charge in [0.15, 0.2) is 0 Å². The van der Waals surface area contributed by atoms with Gasteiger partial charge in [0.1, 0.15) is 18.0 Å². The lowest BCUT2D eigenvalue weighted by Gasteiger charge is -2.35. The Bertz CT molecular complexity index is 952. The van der Waals surface area contributed by atoms with Crippen LogP contribution in [0.25, 0.3) is 0 Å². The van der Waals surface area contributed by atoms with Crippen LogP contribution in [0.5, 0.6) is 0 Å². The molecule has 0 spiro atoms. The number of carbonyl (C=O) groups excluding carboxylic acids is 2. The fourth-order valence-electron chi connectivity index (χ4n) is 4.11. The minimum absolute atomic E-state index is 0.0838. The zero-order valence-corrected chi connectivity index (χ0v) is 19.7. The van der Waals surface area contributed by atoms with Crippen LogP contribution >= 0.6 is 0 Å². The fourth-order valence-corrected chi connectivity index (χ4v) is 4.11. The standard InChI is InChI=1S/C26H33N3O4/c1-26(2,3)33-25(31)29(21-13-14-21)23-15-12-20(17-27-23)22-11-7-8-16-28(22)24(30)32-18-19-9-5-4-6-10-19/h4-6,9-10,12,15,17,21-22H,7-8,11,13-14,16,18H2,1-3H3/t22-/m0/s1. The first kappa shape index (κ1) is 23.1. The van der Waals surface area contributed by atoms with E-state index in [9.17, 15) is 9.59 Å².